The van der Waals surface area contributed by atoms with E-state index in [2.05, 4.69) is 13.0 Å². The first-order valence-electron chi connectivity index (χ1n) is 13.5. The molecule has 4 aliphatic carbocycles. The van der Waals surface area contributed by atoms with Crippen LogP contribution in [0.4, 0.5) is 8.78 Å². The third kappa shape index (κ3) is 4.54. The number of esters is 1. The molecule has 2 fully saturated rings. The predicted molar refractivity (Wildman–Crippen MR) is 136 cm³/mol. The average Bonchev–Trinajstić information content (AvgIpc) is 3.35. The molecule has 0 unspecified atom stereocenters. The third-order valence-electron chi connectivity index (χ3n) is 9.60. The maximum Gasteiger partial charge on any atom is 0.326 e. The Morgan fingerprint density at radius 3 is 2.38 bits per heavy atom. The van der Waals surface area contributed by atoms with Crippen LogP contribution in [0.1, 0.15) is 74.1 Å². The summed E-state index contributed by atoms with van der Waals surface area (Å²) in [6.45, 7) is 4.23. The summed E-state index contributed by atoms with van der Waals surface area (Å²) in [7, 11) is 0. The number of hydrogen-bond donors (Lipinski definition) is 3. The molecule has 4 N–H and O–H groups in total. The molecule has 0 radical (unpaired) electrons. The molecule has 0 heterocycles. The van der Waals surface area contributed by atoms with Crippen LogP contribution >= 0.6 is 0 Å². The van der Waals surface area contributed by atoms with E-state index in [4.69, 9.17) is 10.5 Å². The summed E-state index contributed by atoms with van der Waals surface area (Å²) in [6.07, 6.45) is 7.14. The number of halogens is 2. The zero-order valence-corrected chi connectivity index (χ0v) is 21.6. The molecule has 0 amide bonds. The van der Waals surface area contributed by atoms with Crippen molar-refractivity contribution in [2.24, 2.45) is 23.0 Å². The molecule has 5 nitrogen and oxygen atoms in total. The van der Waals surface area contributed by atoms with Gasteiger partial charge in [-0.05, 0) is 115 Å². The van der Waals surface area contributed by atoms with E-state index in [-0.39, 0.29) is 31.0 Å². The van der Waals surface area contributed by atoms with Crippen LogP contribution in [-0.2, 0) is 28.8 Å². The maximum atomic E-state index is 13.0. The maximum absolute atomic E-state index is 13.0. The lowest BCUT2D eigenvalue weighted by molar-refractivity contribution is -0.149. The topological polar surface area (TPSA) is 92.8 Å². The van der Waals surface area contributed by atoms with Crippen LogP contribution < -0.4 is 5.73 Å². The molecule has 0 aromatic heterocycles. The van der Waals surface area contributed by atoms with Gasteiger partial charge in [0.15, 0.2) is 11.6 Å². The first kappa shape index (κ1) is 26.1. The van der Waals surface area contributed by atoms with Crippen LogP contribution in [0.25, 0.3) is 0 Å². The summed E-state index contributed by atoms with van der Waals surface area (Å²) in [5.74, 6) is 0.119. The number of aliphatic hydroxyl groups excluding tert-OH is 1. The molecule has 5 atom stereocenters. The minimum absolute atomic E-state index is 0.0883. The van der Waals surface area contributed by atoms with Crippen LogP contribution in [0.2, 0.25) is 0 Å². The van der Waals surface area contributed by atoms with Crippen LogP contribution in [0.15, 0.2) is 30.3 Å². The van der Waals surface area contributed by atoms with Crippen molar-refractivity contribution in [3.63, 3.8) is 0 Å². The molecule has 0 bridgehead atoms. The van der Waals surface area contributed by atoms with Crippen molar-refractivity contribution >= 4 is 5.97 Å². The molecule has 2 saturated carbocycles. The number of nitrogens with two attached hydrogens (primary N) is 1. The third-order valence-corrected chi connectivity index (χ3v) is 9.60. The number of phenols is 1. The minimum Gasteiger partial charge on any atom is -0.508 e. The molecule has 0 aliphatic heterocycles. The van der Waals surface area contributed by atoms with E-state index < -0.39 is 23.1 Å². The van der Waals surface area contributed by atoms with Gasteiger partial charge in [0.25, 0.3) is 0 Å². The van der Waals surface area contributed by atoms with Crippen molar-refractivity contribution in [3.8, 4) is 5.75 Å². The van der Waals surface area contributed by atoms with Gasteiger partial charge in [0.1, 0.15) is 11.3 Å². The van der Waals surface area contributed by atoms with Crippen LogP contribution in [0.5, 0.6) is 5.75 Å². The monoisotopic (exact) mass is 513 g/mol. The van der Waals surface area contributed by atoms with Crippen molar-refractivity contribution in [2.75, 3.05) is 6.61 Å². The van der Waals surface area contributed by atoms with Gasteiger partial charge >= 0.3 is 5.97 Å². The first-order valence-corrected chi connectivity index (χ1v) is 13.5. The fourth-order valence-electron chi connectivity index (χ4n) is 7.66. The van der Waals surface area contributed by atoms with Gasteiger partial charge in [0.05, 0.1) is 12.7 Å². The molecule has 0 saturated heterocycles. The second kappa shape index (κ2) is 9.66. The summed E-state index contributed by atoms with van der Waals surface area (Å²) in [5, 5.41) is 20.0. The Morgan fingerprint density at radius 2 is 1.73 bits per heavy atom. The quantitative estimate of drug-likeness (QED) is 0.495. The molecule has 37 heavy (non-hydrogen) atoms. The number of carbonyl (C=O) groups excluding carboxylic acids is 1. The number of aromatic hydroxyl groups is 1. The Labute approximate surface area is 217 Å². The molecule has 2 aromatic carbocycles. The van der Waals surface area contributed by atoms with Gasteiger partial charge in [-0.2, -0.15) is 0 Å². The number of benzene rings is 2. The number of ether oxygens (including phenoxy) is 1. The average molecular weight is 514 g/mol. The lowest BCUT2D eigenvalue weighted by Crippen LogP contribution is -2.50. The van der Waals surface area contributed by atoms with Crippen molar-refractivity contribution in [2.45, 2.75) is 82.8 Å². The van der Waals surface area contributed by atoms with E-state index >= 15 is 0 Å². The molecular weight excluding hydrogens is 476 g/mol. The van der Waals surface area contributed by atoms with E-state index in [0.717, 1.165) is 37.3 Å². The van der Waals surface area contributed by atoms with Gasteiger partial charge in [-0.15, -0.1) is 0 Å². The Hall–Kier alpha value is -2.51. The van der Waals surface area contributed by atoms with E-state index in [9.17, 15) is 23.8 Å². The van der Waals surface area contributed by atoms with Gasteiger partial charge in [0.2, 0.25) is 0 Å². The smallest absolute Gasteiger partial charge is 0.326 e. The molecule has 2 aromatic rings. The Bertz CT molecular complexity index is 1170. The van der Waals surface area contributed by atoms with Crippen LogP contribution in [0.3, 0.4) is 0 Å². The normalized spacial score (nSPS) is 30.8. The van der Waals surface area contributed by atoms with Crippen LogP contribution in [0, 0.1) is 28.9 Å². The zero-order chi connectivity index (χ0) is 26.5. The molecular formula is C30H37F2NO4. The summed E-state index contributed by atoms with van der Waals surface area (Å²) in [4.78, 5) is 11.7. The second-order valence-corrected chi connectivity index (χ2v) is 11.7. The second-order valence-electron chi connectivity index (χ2n) is 11.7. The Morgan fingerprint density at radius 1 is 1.05 bits per heavy atom. The highest BCUT2D eigenvalue weighted by atomic mass is 19.2. The molecule has 200 valence electrons. The standard InChI is InChI=1S/C18H24O2.C12H13F2NO2/c1-18-9-8-14-13-5-3-12(19)10-11(13)2-4-15(14)16(18)6-7-17(18)20;1-2-17-11(16)12(15)5-7-3-9(13)10(14)4-8(7)6-12/h3,5,10,14-17,19-20H,2,4,6-9H2,1H3;3-4H,2,5-6,15H2,1H3/t14-,15-,16+,17+,18+;/m1./s1. The highest BCUT2D eigenvalue weighted by Gasteiger charge is 2.54. The number of carbonyl (C=O) groups is 1. The van der Waals surface area contributed by atoms with E-state index in [0.29, 0.717) is 28.7 Å². The summed E-state index contributed by atoms with van der Waals surface area (Å²) >= 11 is 0. The zero-order valence-electron chi connectivity index (χ0n) is 21.6. The van der Waals surface area contributed by atoms with E-state index in [1.807, 2.05) is 12.1 Å². The van der Waals surface area contributed by atoms with Gasteiger partial charge in [0, 0.05) is 12.8 Å². The number of hydrogen-bond acceptors (Lipinski definition) is 5. The number of fused-ring (bicyclic) bond motifs is 6. The number of rotatable bonds is 2. The van der Waals surface area contributed by atoms with Crippen molar-refractivity contribution < 1.29 is 28.5 Å². The van der Waals surface area contributed by atoms with Gasteiger partial charge in [-0.1, -0.05) is 13.0 Å². The van der Waals surface area contributed by atoms with Crippen LogP contribution in [-0.4, -0.2) is 34.4 Å². The summed E-state index contributed by atoms with van der Waals surface area (Å²) in [5.41, 5.74) is 8.85. The number of aliphatic hydroxyl groups is 1. The largest absolute Gasteiger partial charge is 0.508 e. The Kier molecular flexibility index (Phi) is 6.82. The van der Waals surface area contributed by atoms with Gasteiger partial charge in [-0.3, -0.25) is 4.79 Å². The molecule has 0 spiro atoms. The number of phenolic OH excluding ortho intramolecular Hbond substituents is 1. The Balaban J connectivity index is 0.000000154. The van der Waals surface area contributed by atoms with Gasteiger partial charge < -0.3 is 20.7 Å². The molecule has 7 heteroatoms. The highest BCUT2D eigenvalue weighted by Crippen LogP contribution is 2.60. The summed E-state index contributed by atoms with van der Waals surface area (Å²) < 4.78 is 31.0. The minimum atomic E-state index is -1.20. The lowest BCUT2D eigenvalue weighted by atomic mass is 9.55. The predicted octanol–water partition coefficient (Wildman–Crippen LogP) is 4.93. The van der Waals surface area contributed by atoms with Crippen molar-refractivity contribution in [1.29, 1.82) is 0 Å². The lowest BCUT2D eigenvalue weighted by Gasteiger charge is -2.50. The SMILES string of the molecule is CCOC(=O)C1(N)Cc2cc(F)c(F)cc2C1.C[C@]12CC[C@@H]3c4ccc(O)cc4CC[C@H]3[C@@H]1CC[C@@H]2O. The number of aryl methyl sites for hydroxylation is 1. The van der Waals surface area contributed by atoms with Crippen molar-refractivity contribution in [1.82, 2.24) is 0 Å². The van der Waals surface area contributed by atoms with E-state index in [1.165, 1.54) is 30.4 Å². The highest BCUT2D eigenvalue weighted by molar-refractivity contribution is 5.82. The van der Waals surface area contributed by atoms with Gasteiger partial charge in [-0.25, -0.2) is 8.78 Å². The first-order chi connectivity index (χ1) is 17.6. The fraction of sp³-hybridized carbons (Fsp3) is 0.567. The fourth-order valence-corrected chi connectivity index (χ4v) is 7.66. The molecule has 4 aliphatic rings. The van der Waals surface area contributed by atoms with E-state index in [1.54, 1.807) is 6.92 Å². The molecule has 6 rings (SSSR count). The van der Waals surface area contributed by atoms with Crippen molar-refractivity contribution in [3.05, 3.63) is 64.2 Å². The summed E-state index contributed by atoms with van der Waals surface area (Å²) in [6, 6.07) is 8.15.